The number of hydrogen-bond donors (Lipinski definition) is 14. The molecule has 0 spiro atoms. The van der Waals surface area contributed by atoms with Gasteiger partial charge in [0.05, 0.1) is 25.6 Å². The number of hydrogen-bond acceptors (Lipinski definition) is 17. The standard InChI is InChI=1S/C64H89N15O14/c1-2-54(82)68-30-31-72-64(93)75-63(65)71-27-8-12-52(61(91)73-40-45-13-23-51(81)24-14-45)74-62(92)58(46-10-4-3-5-11-46)47-19-21-50(22-20-47)66-28-9-29-70-60(90)49-17-15-48(16-18-49)59(89)69-26-7-6-25-67-53(44-80)79-38-36-77(42-56(85)86)34-32-76(41-55(83)84)33-35-78(37-39-79)43-57(87)88/h3-5,10-11,13-24,44,52-53,58,66-67,81H,2,6-9,12,25-43H2,1H3,(H,68,82)(H,69,89)(H,70,90)(H,73,91)(H,74,92)(H,83,84)(H,85,86)(H,87,88)(H4,65,71,72,75,93)/t52-,53?,58?/m1/s1. The number of phenolic OH excluding ortho intramolecular Hbond substituents is 1. The normalized spacial score (nSPS) is 14.7. The number of aliphatic carboxylic acids is 3. The third kappa shape index (κ3) is 28.7. The van der Waals surface area contributed by atoms with Gasteiger partial charge in [0.25, 0.3) is 11.8 Å². The Morgan fingerprint density at radius 2 is 1.06 bits per heavy atom. The average molecular weight is 1290 g/mol. The van der Waals surface area contributed by atoms with E-state index in [1.54, 1.807) is 58.0 Å². The zero-order valence-corrected chi connectivity index (χ0v) is 52.5. The molecule has 0 aliphatic carbocycles. The van der Waals surface area contributed by atoms with Crippen molar-refractivity contribution in [1.29, 1.82) is 0 Å². The molecule has 5 rings (SSSR count). The number of aldehydes is 1. The highest BCUT2D eigenvalue weighted by atomic mass is 16.4. The summed E-state index contributed by atoms with van der Waals surface area (Å²) >= 11 is 0. The Balaban J connectivity index is 1.06. The van der Waals surface area contributed by atoms with Gasteiger partial charge in [-0.15, -0.1) is 0 Å². The number of carboxylic acid groups (broad SMARTS) is 3. The maximum atomic E-state index is 14.4. The van der Waals surface area contributed by atoms with E-state index >= 15 is 0 Å². The maximum absolute atomic E-state index is 14.4. The summed E-state index contributed by atoms with van der Waals surface area (Å²) in [6.45, 7) is 5.23. The number of benzene rings is 4. The third-order valence-electron chi connectivity index (χ3n) is 15.0. The van der Waals surface area contributed by atoms with Crippen LogP contribution in [0.3, 0.4) is 0 Å². The first-order valence-electron chi connectivity index (χ1n) is 31.1. The number of aliphatic imine (C=N–C) groups is 1. The SMILES string of the molecule is CCC(=O)NCCNC(=O)/N=C(/N)NCCC[C@@H](NC(=O)C(c1ccccc1)c1ccc(NCCCNC(=O)c2ccc(C(=O)NCCCCNC(C=O)N3CCN(CC(=O)O)CCN(CC(=O)O)CCN(CC(=O)O)CC3)cc2)cc1)C(=O)NCc1ccc(O)cc1. The molecule has 0 radical (unpaired) electrons. The molecule has 7 amide bonds. The van der Waals surface area contributed by atoms with Crippen molar-refractivity contribution in [3.63, 3.8) is 0 Å². The van der Waals surface area contributed by atoms with Crippen LogP contribution in [-0.4, -0.2) is 236 Å². The van der Waals surface area contributed by atoms with E-state index < -0.39 is 53.9 Å². The van der Waals surface area contributed by atoms with Crippen molar-refractivity contribution in [2.75, 3.05) is 123 Å². The summed E-state index contributed by atoms with van der Waals surface area (Å²) in [5.41, 5.74) is 9.52. The highest BCUT2D eigenvalue weighted by Gasteiger charge is 2.29. The van der Waals surface area contributed by atoms with E-state index in [0.717, 1.165) is 17.5 Å². The lowest BCUT2D eigenvalue weighted by Crippen LogP contribution is -2.54. The van der Waals surface area contributed by atoms with E-state index in [4.69, 9.17) is 5.73 Å². The van der Waals surface area contributed by atoms with Gasteiger partial charge in [0.2, 0.25) is 17.7 Å². The number of carbonyl (C=O) groups is 10. The monoisotopic (exact) mass is 1290 g/mol. The number of anilines is 1. The van der Waals surface area contributed by atoms with Gasteiger partial charge in [-0.25, -0.2) is 4.79 Å². The number of nitrogens with one attached hydrogen (secondary N) is 9. The second kappa shape index (κ2) is 41.0. The molecule has 15 N–H and O–H groups in total. The van der Waals surface area contributed by atoms with Gasteiger partial charge >= 0.3 is 23.9 Å². The molecule has 0 bridgehead atoms. The van der Waals surface area contributed by atoms with E-state index in [2.05, 4.69) is 52.8 Å². The first kappa shape index (κ1) is 74.2. The minimum absolute atomic E-state index is 0.0761. The fraction of sp³-hybridized carbons (Fsp3) is 0.453. The lowest BCUT2D eigenvalue weighted by Gasteiger charge is -2.35. The minimum Gasteiger partial charge on any atom is -0.508 e. The molecule has 1 saturated heterocycles. The molecular weight excluding hydrogens is 1200 g/mol. The number of phenols is 1. The molecule has 1 aliphatic heterocycles. The van der Waals surface area contributed by atoms with Crippen LogP contribution in [0.1, 0.15) is 88.8 Å². The number of nitrogens with two attached hydrogens (primary N) is 1. The Kier molecular flexibility index (Phi) is 32.7. The van der Waals surface area contributed by atoms with Crippen LogP contribution in [0.4, 0.5) is 10.5 Å². The second-order valence-electron chi connectivity index (χ2n) is 22.1. The fourth-order valence-corrected chi connectivity index (χ4v) is 9.94. The predicted molar refractivity (Wildman–Crippen MR) is 347 cm³/mol. The van der Waals surface area contributed by atoms with Crippen molar-refractivity contribution in [1.82, 2.24) is 62.1 Å². The first-order valence-corrected chi connectivity index (χ1v) is 31.1. The van der Waals surface area contributed by atoms with Crippen LogP contribution in [-0.2, 0) is 40.1 Å². The molecule has 0 saturated carbocycles. The molecule has 29 nitrogen and oxygen atoms in total. The van der Waals surface area contributed by atoms with Gasteiger partial charge in [0, 0.05) is 121 Å². The number of unbranched alkanes of at least 4 members (excludes halogenated alkanes) is 1. The van der Waals surface area contributed by atoms with Crippen molar-refractivity contribution in [2.24, 2.45) is 10.7 Å². The topological polar surface area (TPSA) is 411 Å². The first-order chi connectivity index (χ1) is 44.8. The van der Waals surface area contributed by atoms with Gasteiger partial charge in [-0.2, -0.15) is 4.99 Å². The number of carbonyl (C=O) groups excluding carboxylic acids is 7. The number of amides is 7. The Morgan fingerprint density at radius 3 is 1.61 bits per heavy atom. The minimum atomic E-state index is -1.05. The van der Waals surface area contributed by atoms with Crippen LogP contribution in [0.5, 0.6) is 5.75 Å². The van der Waals surface area contributed by atoms with Crippen molar-refractivity contribution in [3.8, 4) is 5.75 Å². The number of urea groups is 1. The van der Waals surface area contributed by atoms with Crippen LogP contribution < -0.4 is 53.6 Å². The summed E-state index contributed by atoms with van der Waals surface area (Å²) in [6.07, 6.45) is 2.51. The van der Waals surface area contributed by atoms with Crippen LogP contribution in [0.2, 0.25) is 0 Å². The fourth-order valence-electron chi connectivity index (χ4n) is 9.94. The second-order valence-corrected chi connectivity index (χ2v) is 22.1. The Labute approximate surface area is 540 Å². The number of rotatable bonds is 36. The number of guanidine groups is 1. The molecule has 3 atom stereocenters. The van der Waals surface area contributed by atoms with Crippen LogP contribution in [0.25, 0.3) is 0 Å². The van der Waals surface area contributed by atoms with Crippen molar-refractivity contribution >= 4 is 71.4 Å². The summed E-state index contributed by atoms with van der Waals surface area (Å²) < 4.78 is 0. The molecule has 1 heterocycles. The van der Waals surface area contributed by atoms with E-state index in [1.165, 1.54) is 12.1 Å². The highest BCUT2D eigenvalue weighted by Crippen LogP contribution is 2.27. The lowest BCUT2D eigenvalue weighted by atomic mass is 9.90. The summed E-state index contributed by atoms with van der Waals surface area (Å²) in [7, 11) is 0. The molecule has 2 unspecified atom stereocenters. The van der Waals surface area contributed by atoms with Crippen LogP contribution in [0.15, 0.2) is 108 Å². The van der Waals surface area contributed by atoms with Gasteiger partial charge < -0.3 is 73.5 Å². The van der Waals surface area contributed by atoms with Gasteiger partial charge in [-0.1, -0.05) is 61.5 Å². The van der Waals surface area contributed by atoms with E-state index in [9.17, 15) is 68.4 Å². The number of aromatic hydroxyl groups is 1. The van der Waals surface area contributed by atoms with E-state index in [0.29, 0.717) is 80.5 Å². The molecule has 1 aliphatic rings. The molecule has 93 heavy (non-hydrogen) atoms. The summed E-state index contributed by atoms with van der Waals surface area (Å²) in [5.74, 6) is -5.70. The summed E-state index contributed by atoms with van der Waals surface area (Å²) in [4.78, 5) is 136. The largest absolute Gasteiger partial charge is 0.508 e. The molecular formula is C64H89N15O14. The van der Waals surface area contributed by atoms with Crippen LogP contribution >= 0.6 is 0 Å². The Bertz CT molecular complexity index is 3040. The summed E-state index contributed by atoms with van der Waals surface area (Å²) in [6, 6.07) is 27.4. The number of carboxylic acids is 3. The molecule has 504 valence electrons. The maximum Gasteiger partial charge on any atom is 0.344 e. The van der Waals surface area contributed by atoms with Crippen LogP contribution in [0, 0.1) is 0 Å². The average Bonchev–Trinajstić information content (AvgIpc) is 0.876. The van der Waals surface area contributed by atoms with Crippen molar-refractivity contribution in [3.05, 3.63) is 131 Å². The Morgan fingerprint density at radius 1 is 0.548 bits per heavy atom. The zero-order valence-electron chi connectivity index (χ0n) is 52.5. The van der Waals surface area contributed by atoms with Gasteiger partial charge in [-0.3, -0.25) is 63.3 Å². The predicted octanol–water partition coefficient (Wildman–Crippen LogP) is 0.578. The highest BCUT2D eigenvalue weighted by molar-refractivity contribution is 5.98. The van der Waals surface area contributed by atoms with Gasteiger partial charge in [-0.05, 0) is 104 Å². The van der Waals surface area contributed by atoms with Gasteiger partial charge in [0.15, 0.2) is 12.2 Å². The molecule has 1 fully saturated rings. The van der Waals surface area contributed by atoms with Gasteiger partial charge in [0.1, 0.15) is 18.0 Å². The van der Waals surface area contributed by atoms with E-state index in [-0.39, 0.29) is 134 Å². The summed E-state index contributed by atoms with van der Waals surface area (Å²) in [5, 5.41) is 64.5. The molecule has 29 heteroatoms. The third-order valence-corrected chi connectivity index (χ3v) is 15.0. The Hall–Kier alpha value is -9.55. The molecule has 0 aromatic heterocycles. The quantitative estimate of drug-likeness (QED) is 0.0128. The zero-order chi connectivity index (χ0) is 67.3. The number of nitrogens with zero attached hydrogens (tertiary/aromatic N) is 5. The van der Waals surface area contributed by atoms with Crippen molar-refractivity contribution in [2.45, 2.75) is 70.1 Å². The molecule has 4 aromatic rings. The van der Waals surface area contributed by atoms with E-state index in [1.807, 2.05) is 59.5 Å². The smallest absolute Gasteiger partial charge is 0.344 e. The lowest BCUT2D eigenvalue weighted by molar-refractivity contribution is -0.140. The van der Waals surface area contributed by atoms with Crippen molar-refractivity contribution < 1.29 is 68.4 Å². The molecule has 4 aromatic carbocycles.